The van der Waals surface area contributed by atoms with Gasteiger partial charge >= 0.3 is 0 Å². The van der Waals surface area contributed by atoms with Gasteiger partial charge < -0.3 is 14.8 Å². The van der Waals surface area contributed by atoms with E-state index in [-0.39, 0.29) is 5.54 Å². The van der Waals surface area contributed by atoms with Gasteiger partial charge in [-0.15, -0.1) is 11.3 Å². The number of aromatic nitrogens is 2. The molecule has 6 nitrogen and oxygen atoms in total. The van der Waals surface area contributed by atoms with Crippen molar-refractivity contribution in [2.75, 3.05) is 51.4 Å². The Hall–Kier alpha value is -1.28. The standard InChI is InChI=1S/C17H24N4O2S/c1-3-13-8-14-15(19-12(2)20-16(14)24-13)18-9-17-10-22-6-4-21(17)5-7-23-11-17/h8H,3-7,9-11H2,1-2H3,(H,18,19,20). The summed E-state index contributed by atoms with van der Waals surface area (Å²) in [6.07, 6.45) is 1.03. The number of thiophene rings is 1. The van der Waals surface area contributed by atoms with Crippen LogP contribution < -0.4 is 5.32 Å². The predicted molar refractivity (Wildman–Crippen MR) is 96.0 cm³/mol. The quantitative estimate of drug-likeness (QED) is 0.913. The maximum Gasteiger partial charge on any atom is 0.138 e. The van der Waals surface area contributed by atoms with Gasteiger partial charge in [0, 0.05) is 24.5 Å². The lowest BCUT2D eigenvalue weighted by atomic mass is 9.96. The Balaban J connectivity index is 1.60. The van der Waals surface area contributed by atoms with Crippen LogP contribution in [-0.2, 0) is 15.9 Å². The van der Waals surface area contributed by atoms with Crippen LogP contribution in [0, 0.1) is 6.92 Å². The predicted octanol–water partition coefficient (Wildman–Crippen LogP) is 2.08. The van der Waals surface area contributed by atoms with Crippen molar-refractivity contribution in [2.24, 2.45) is 0 Å². The number of nitrogens with one attached hydrogen (secondary N) is 1. The molecular weight excluding hydrogens is 324 g/mol. The zero-order valence-corrected chi connectivity index (χ0v) is 15.1. The molecule has 0 radical (unpaired) electrons. The molecule has 0 aromatic carbocycles. The van der Waals surface area contributed by atoms with Gasteiger partial charge in [-0.25, -0.2) is 9.97 Å². The third-order valence-electron chi connectivity index (χ3n) is 4.91. The van der Waals surface area contributed by atoms with Crippen LogP contribution in [0.2, 0.25) is 0 Å². The van der Waals surface area contributed by atoms with Gasteiger partial charge in [-0.3, -0.25) is 4.90 Å². The van der Waals surface area contributed by atoms with Crippen LogP contribution in [0.4, 0.5) is 5.82 Å². The largest absolute Gasteiger partial charge is 0.378 e. The van der Waals surface area contributed by atoms with E-state index in [1.54, 1.807) is 11.3 Å². The van der Waals surface area contributed by atoms with Crippen LogP contribution in [0.5, 0.6) is 0 Å². The molecule has 2 saturated heterocycles. The highest BCUT2D eigenvalue weighted by atomic mass is 32.1. The number of ether oxygens (including phenoxy) is 2. The van der Waals surface area contributed by atoms with E-state index in [4.69, 9.17) is 9.47 Å². The number of hydrogen-bond donors (Lipinski definition) is 1. The number of anilines is 1. The molecule has 0 aliphatic carbocycles. The number of morpholine rings is 2. The fraction of sp³-hybridized carbons (Fsp3) is 0.647. The fourth-order valence-electron chi connectivity index (χ4n) is 3.53. The third kappa shape index (κ3) is 2.90. The number of nitrogens with zero attached hydrogens (tertiary/aromatic N) is 3. The van der Waals surface area contributed by atoms with Gasteiger partial charge in [-0.2, -0.15) is 0 Å². The van der Waals surface area contributed by atoms with Crippen molar-refractivity contribution < 1.29 is 9.47 Å². The van der Waals surface area contributed by atoms with E-state index in [9.17, 15) is 0 Å². The SMILES string of the molecule is CCc1cc2c(NCC34COCCN3CCOC4)nc(C)nc2s1. The molecule has 1 N–H and O–H groups in total. The topological polar surface area (TPSA) is 59.5 Å². The van der Waals surface area contributed by atoms with Crippen LogP contribution in [0.25, 0.3) is 10.2 Å². The summed E-state index contributed by atoms with van der Waals surface area (Å²) in [6.45, 7) is 9.88. The average Bonchev–Trinajstić information content (AvgIpc) is 3.02. The molecule has 2 aliphatic heterocycles. The first-order chi connectivity index (χ1) is 11.7. The molecule has 24 heavy (non-hydrogen) atoms. The minimum atomic E-state index is -0.0920. The van der Waals surface area contributed by atoms with Crippen LogP contribution in [0.1, 0.15) is 17.6 Å². The van der Waals surface area contributed by atoms with Crippen molar-refractivity contribution in [3.05, 3.63) is 16.8 Å². The zero-order valence-electron chi connectivity index (χ0n) is 14.3. The molecule has 0 atom stereocenters. The monoisotopic (exact) mass is 348 g/mol. The van der Waals surface area contributed by atoms with Gasteiger partial charge in [0.15, 0.2) is 0 Å². The Morgan fingerprint density at radius 3 is 2.71 bits per heavy atom. The zero-order chi connectivity index (χ0) is 16.6. The molecular formula is C17H24N4O2S. The molecule has 2 aliphatic rings. The summed E-state index contributed by atoms with van der Waals surface area (Å²) in [4.78, 5) is 14.2. The number of aryl methyl sites for hydroxylation is 2. The second-order valence-corrected chi connectivity index (χ2v) is 7.69. The van der Waals surface area contributed by atoms with Crippen molar-refractivity contribution in [2.45, 2.75) is 25.8 Å². The van der Waals surface area contributed by atoms with Gasteiger partial charge in [0.05, 0.1) is 37.4 Å². The lowest BCUT2D eigenvalue weighted by Gasteiger charge is -2.49. The first kappa shape index (κ1) is 16.2. The Bertz CT molecular complexity index is 721. The van der Waals surface area contributed by atoms with Crippen molar-refractivity contribution in [1.29, 1.82) is 0 Å². The summed E-state index contributed by atoms with van der Waals surface area (Å²) in [5.74, 6) is 1.74. The van der Waals surface area contributed by atoms with Crippen molar-refractivity contribution >= 4 is 27.4 Å². The van der Waals surface area contributed by atoms with Gasteiger partial charge in [0.1, 0.15) is 16.5 Å². The highest BCUT2D eigenvalue weighted by Crippen LogP contribution is 2.31. The van der Waals surface area contributed by atoms with Gasteiger partial charge in [0.2, 0.25) is 0 Å². The van der Waals surface area contributed by atoms with Gasteiger partial charge in [-0.1, -0.05) is 6.92 Å². The molecule has 2 fully saturated rings. The highest BCUT2D eigenvalue weighted by molar-refractivity contribution is 7.18. The van der Waals surface area contributed by atoms with E-state index in [1.165, 1.54) is 4.88 Å². The van der Waals surface area contributed by atoms with E-state index in [0.29, 0.717) is 13.2 Å². The fourth-order valence-corrected chi connectivity index (χ4v) is 4.55. The van der Waals surface area contributed by atoms with Crippen LogP contribution in [-0.4, -0.2) is 66.5 Å². The minimum absolute atomic E-state index is 0.0920. The third-order valence-corrected chi connectivity index (χ3v) is 6.09. The molecule has 0 unspecified atom stereocenters. The molecule has 0 amide bonds. The minimum Gasteiger partial charge on any atom is -0.378 e. The summed E-state index contributed by atoms with van der Waals surface area (Å²) in [5, 5.41) is 4.70. The number of rotatable bonds is 4. The highest BCUT2D eigenvalue weighted by Gasteiger charge is 2.42. The maximum atomic E-state index is 5.77. The second-order valence-electron chi connectivity index (χ2n) is 6.57. The molecule has 0 bridgehead atoms. The van der Waals surface area contributed by atoms with Gasteiger partial charge in [-0.05, 0) is 19.4 Å². The number of hydrogen-bond acceptors (Lipinski definition) is 7. The molecule has 2 aromatic heterocycles. The van der Waals surface area contributed by atoms with E-state index >= 15 is 0 Å². The van der Waals surface area contributed by atoms with Crippen LogP contribution in [0.3, 0.4) is 0 Å². The summed E-state index contributed by atoms with van der Waals surface area (Å²) in [7, 11) is 0. The van der Waals surface area contributed by atoms with Crippen molar-refractivity contribution in [1.82, 2.24) is 14.9 Å². The summed E-state index contributed by atoms with van der Waals surface area (Å²) in [5.41, 5.74) is -0.0920. The van der Waals surface area contributed by atoms with E-state index in [1.807, 2.05) is 6.92 Å². The van der Waals surface area contributed by atoms with Crippen molar-refractivity contribution in [3.63, 3.8) is 0 Å². The van der Waals surface area contributed by atoms with Gasteiger partial charge in [0.25, 0.3) is 0 Å². The Morgan fingerprint density at radius 1 is 1.25 bits per heavy atom. The first-order valence-electron chi connectivity index (χ1n) is 8.62. The molecule has 0 spiro atoms. The smallest absolute Gasteiger partial charge is 0.138 e. The Labute approximate surface area is 146 Å². The lowest BCUT2D eigenvalue weighted by Crippen LogP contribution is -2.66. The second kappa shape index (κ2) is 6.55. The first-order valence-corrected chi connectivity index (χ1v) is 9.43. The van der Waals surface area contributed by atoms with E-state index in [2.05, 4.69) is 33.2 Å². The molecule has 4 rings (SSSR count). The van der Waals surface area contributed by atoms with E-state index in [0.717, 1.165) is 61.1 Å². The van der Waals surface area contributed by atoms with Crippen molar-refractivity contribution in [3.8, 4) is 0 Å². The lowest BCUT2D eigenvalue weighted by molar-refractivity contribution is -0.135. The van der Waals surface area contributed by atoms with E-state index < -0.39 is 0 Å². The summed E-state index contributed by atoms with van der Waals surface area (Å²) >= 11 is 1.76. The Morgan fingerprint density at radius 2 is 2.00 bits per heavy atom. The molecule has 130 valence electrons. The summed E-state index contributed by atoms with van der Waals surface area (Å²) < 4.78 is 11.5. The molecule has 0 saturated carbocycles. The molecule has 7 heteroatoms. The normalized spacial score (nSPS) is 20.9. The maximum absolute atomic E-state index is 5.77. The average molecular weight is 348 g/mol. The van der Waals surface area contributed by atoms with Crippen LogP contribution in [0.15, 0.2) is 6.07 Å². The Kier molecular flexibility index (Phi) is 4.42. The molecule has 2 aromatic rings. The summed E-state index contributed by atoms with van der Waals surface area (Å²) in [6, 6.07) is 2.21. The molecule has 4 heterocycles. The van der Waals surface area contributed by atoms with Crippen LogP contribution >= 0.6 is 11.3 Å². The number of fused-ring (bicyclic) bond motifs is 2.